The molecule has 176 valence electrons. The van der Waals surface area contributed by atoms with Crippen LogP contribution < -0.4 is 4.74 Å². The van der Waals surface area contributed by atoms with Gasteiger partial charge in [0.1, 0.15) is 10.6 Å². The fourth-order valence-electron chi connectivity index (χ4n) is 3.31. The van der Waals surface area contributed by atoms with Gasteiger partial charge in [-0.2, -0.15) is 4.31 Å². The maximum absolute atomic E-state index is 13.1. The van der Waals surface area contributed by atoms with Crippen molar-refractivity contribution in [3.8, 4) is 5.75 Å². The molecule has 1 unspecified atom stereocenters. The van der Waals surface area contributed by atoms with Gasteiger partial charge in [0.15, 0.2) is 6.10 Å². The molecule has 0 radical (unpaired) electrons. The van der Waals surface area contributed by atoms with Crippen molar-refractivity contribution in [2.24, 2.45) is 0 Å². The topological polar surface area (TPSA) is 99.2 Å². The molecule has 0 spiro atoms. The Bertz CT molecular complexity index is 1130. The number of sulfonamides is 1. The normalized spacial score (nSPS) is 15.8. The lowest BCUT2D eigenvalue weighted by atomic mass is 10.1. The lowest BCUT2D eigenvalue weighted by molar-refractivity contribution is -0.140. The van der Waals surface area contributed by atoms with Gasteiger partial charge >= 0.3 is 5.97 Å². The Labute approximate surface area is 193 Å². The van der Waals surface area contributed by atoms with Crippen molar-refractivity contribution in [3.63, 3.8) is 0 Å². The molecule has 0 bridgehead atoms. The van der Waals surface area contributed by atoms with Crippen LogP contribution in [0, 0.1) is 6.92 Å². The highest BCUT2D eigenvalue weighted by atomic mass is 32.2. The molecule has 1 heterocycles. The van der Waals surface area contributed by atoms with Crippen molar-refractivity contribution < 1.29 is 32.2 Å². The molecule has 0 saturated carbocycles. The van der Waals surface area contributed by atoms with E-state index in [-0.39, 0.29) is 29.5 Å². The maximum atomic E-state index is 13.1. The van der Waals surface area contributed by atoms with Crippen molar-refractivity contribution in [2.75, 3.05) is 33.4 Å². The third-order valence-corrected chi connectivity index (χ3v) is 7.11. The van der Waals surface area contributed by atoms with Crippen LogP contribution in [0.4, 0.5) is 0 Å². The molecule has 1 saturated heterocycles. The highest BCUT2D eigenvalue weighted by molar-refractivity contribution is 7.89. The number of ketones is 1. The van der Waals surface area contributed by atoms with Gasteiger partial charge in [0.2, 0.25) is 15.8 Å². The number of nitrogens with zero attached hydrogens (tertiary/aromatic N) is 1. The Morgan fingerprint density at radius 2 is 1.76 bits per heavy atom. The van der Waals surface area contributed by atoms with Gasteiger partial charge in [0, 0.05) is 24.7 Å². The van der Waals surface area contributed by atoms with Crippen LogP contribution in [-0.4, -0.2) is 64.0 Å². The average Bonchev–Trinajstić information content (AvgIpc) is 2.83. The van der Waals surface area contributed by atoms with Crippen molar-refractivity contribution in [3.05, 3.63) is 65.2 Å². The van der Waals surface area contributed by atoms with Crippen LogP contribution in [-0.2, 0) is 24.3 Å². The van der Waals surface area contributed by atoms with Gasteiger partial charge in [-0.25, -0.2) is 13.2 Å². The summed E-state index contributed by atoms with van der Waals surface area (Å²) in [7, 11) is -2.40. The molecular weight excluding hydrogens is 446 g/mol. The zero-order valence-corrected chi connectivity index (χ0v) is 19.6. The van der Waals surface area contributed by atoms with Crippen LogP contribution in [0.5, 0.6) is 5.75 Å². The molecule has 0 aromatic heterocycles. The number of aryl methyl sites for hydroxylation is 1. The van der Waals surface area contributed by atoms with Gasteiger partial charge < -0.3 is 14.2 Å². The summed E-state index contributed by atoms with van der Waals surface area (Å²) in [6.45, 7) is 4.59. The lowest BCUT2D eigenvalue weighted by Gasteiger charge is -2.26. The number of carbonyl (C=O) groups is 2. The number of hydrogen-bond donors (Lipinski definition) is 0. The minimum Gasteiger partial charge on any atom is -0.495 e. The Morgan fingerprint density at radius 1 is 1.09 bits per heavy atom. The summed E-state index contributed by atoms with van der Waals surface area (Å²) >= 11 is 0. The van der Waals surface area contributed by atoms with Crippen LogP contribution in [0.2, 0.25) is 0 Å². The molecule has 1 atom stereocenters. The van der Waals surface area contributed by atoms with E-state index < -0.39 is 22.1 Å². The van der Waals surface area contributed by atoms with E-state index >= 15 is 0 Å². The number of benzene rings is 2. The minimum atomic E-state index is -3.80. The predicted molar refractivity (Wildman–Crippen MR) is 123 cm³/mol. The van der Waals surface area contributed by atoms with Gasteiger partial charge in [-0.3, -0.25) is 4.79 Å². The smallest absolute Gasteiger partial charge is 0.331 e. The SMILES string of the molecule is COc1ccc(/C=C/C(=O)OC(C)C(=O)c2ccc(C)cc2)cc1S(=O)(=O)N1CCOCC1. The molecule has 1 fully saturated rings. The third kappa shape index (κ3) is 6.07. The highest BCUT2D eigenvalue weighted by Crippen LogP contribution is 2.29. The largest absolute Gasteiger partial charge is 0.495 e. The van der Waals surface area contributed by atoms with E-state index in [1.165, 1.54) is 36.5 Å². The summed E-state index contributed by atoms with van der Waals surface area (Å²) in [5.74, 6) is -0.810. The van der Waals surface area contributed by atoms with Crippen LogP contribution in [0.25, 0.3) is 6.08 Å². The van der Waals surface area contributed by atoms with E-state index in [2.05, 4.69) is 0 Å². The van der Waals surface area contributed by atoms with E-state index in [1.807, 2.05) is 19.1 Å². The molecule has 3 rings (SSSR count). The van der Waals surface area contributed by atoms with Crippen LogP contribution >= 0.6 is 0 Å². The molecule has 1 aliphatic rings. The minimum absolute atomic E-state index is 0.00494. The number of hydrogen-bond acceptors (Lipinski definition) is 7. The first-order chi connectivity index (χ1) is 15.7. The first kappa shape index (κ1) is 24.6. The van der Waals surface area contributed by atoms with Crippen molar-refractivity contribution >= 4 is 27.9 Å². The monoisotopic (exact) mass is 473 g/mol. The summed E-state index contributed by atoms with van der Waals surface area (Å²) in [5, 5.41) is 0. The predicted octanol–water partition coefficient (Wildman–Crippen LogP) is 2.85. The van der Waals surface area contributed by atoms with E-state index in [0.29, 0.717) is 24.3 Å². The van der Waals surface area contributed by atoms with Crippen molar-refractivity contribution in [2.45, 2.75) is 24.8 Å². The first-order valence-corrected chi connectivity index (χ1v) is 11.9. The second-order valence-electron chi connectivity index (χ2n) is 7.57. The molecule has 2 aromatic carbocycles. The van der Waals surface area contributed by atoms with Gasteiger partial charge in [-0.1, -0.05) is 35.9 Å². The number of carbonyl (C=O) groups excluding carboxylic acids is 2. The number of ether oxygens (including phenoxy) is 3. The fraction of sp³-hybridized carbons (Fsp3) is 0.333. The summed E-state index contributed by atoms with van der Waals surface area (Å²) in [4.78, 5) is 24.7. The molecular formula is C24H27NO7S. The molecule has 1 aliphatic heterocycles. The van der Waals surface area contributed by atoms with Crippen LogP contribution in [0.15, 0.2) is 53.4 Å². The number of methoxy groups -OCH3 is 1. The molecule has 0 aliphatic carbocycles. The quantitative estimate of drug-likeness (QED) is 0.330. The zero-order chi connectivity index (χ0) is 24.0. The van der Waals surface area contributed by atoms with E-state index in [1.54, 1.807) is 18.2 Å². The summed E-state index contributed by atoms with van der Waals surface area (Å²) in [5.41, 5.74) is 1.95. The van der Waals surface area contributed by atoms with Crippen molar-refractivity contribution in [1.82, 2.24) is 4.31 Å². The molecule has 2 aromatic rings. The number of rotatable bonds is 8. The van der Waals surface area contributed by atoms with Gasteiger partial charge in [0.25, 0.3) is 0 Å². The second kappa shape index (κ2) is 10.7. The first-order valence-electron chi connectivity index (χ1n) is 10.5. The van der Waals surface area contributed by atoms with Crippen molar-refractivity contribution in [1.29, 1.82) is 0 Å². The lowest BCUT2D eigenvalue weighted by Crippen LogP contribution is -2.40. The Morgan fingerprint density at radius 3 is 2.39 bits per heavy atom. The van der Waals surface area contributed by atoms with Gasteiger partial charge in [0.05, 0.1) is 20.3 Å². The Kier molecular flexibility index (Phi) is 8.01. The molecule has 33 heavy (non-hydrogen) atoms. The van der Waals surface area contributed by atoms with Gasteiger partial charge in [-0.15, -0.1) is 0 Å². The zero-order valence-electron chi connectivity index (χ0n) is 18.8. The number of esters is 1. The standard InChI is InChI=1S/C24H27NO7S/c1-17-4-8-20(9-5-17)24(27)18(2)32-23(26)11-7-19-6-10-21(30-3)22(16-19)33(28,29)25-12-14-31-15-13-25/h4-11,16,18H,12-15H2,1-3H3/b11-7+. The van der Waals surface area contributed by atoms with Gasteiger partial charge in [-0.05, 0) is 37.6 Å². The molecule has 8 nitrogen and oxygen atoms in total. The van der Waals surface area contributed by atoms with Crippen LogP contribution in [0.3, 0.4) is 0 Å². The third-order valence-electron chi connectivity index (χ3n) is 5.19. The average molecular weight is 474 g/mol. The molecule has 0 N–H and O–H groups in total. The number of morpholine rings is 1. The molecule has 0 amide bonds. The molecule has 9 heteroatoms. The van der Waals surface area contributed by atoms with E-state index in [0.717, 1.165) is 11.6 Å². The van der Waals surface area contributed by atoms with E-state index in [9.17, 15) is 18.0 Å². The Balaban J connectivity index is 1.72. The summed E-state index contributed by atoms with van der Waals surface area (Å²) < 4.78 is 43.2. The fourth-order valence-corrected chi connectivity index (χ4v) is 4.91. The number of Topliss-reactive ketones (excluding diaryl/α,β-unsaturated/α-hetero) is 1. The maximum Gasteiger partial charge on any atom is 0.331 e. The van der Waals surface area contributed by atoms with Crippen LogP contribution in [0.1, 0.15) is 28.4 Å². The Hall–Kier alpha value is -3.01. The summed E-state index contributed by atoms with van der Waals surface area (Å²) in [6, 6.07) is 11.6. The second-order valence-corrected chi connectivity index (χ2v) is 9.48. The highest BCUT2D eigenvalue weighted by Gasteiger charge is 2.29. The summed E-state index contributed by atoms with van der Waals surface area (Å²) in [6.07, 6.45) is 1.63. The van der Waals surface area contributed by atoms with E-state index in [4.69, 9.17) is 14.2 Å².